The third kappa shape index (κ3) is 7.35. The Morgan fingerprint density at radius 1 is 1.16 bits per heavy atom. The zero-order chi connectivity index (χ0) is 22.8. The first-order chi connectivity index (χ1) is 14.8. The Hall–Kier alpha value is -2.96. The molecule has 0 fully saturated rings. The first kappa shape index (κ1) is 24.3. The number of rotatable bonds is 8. The second-order valence-corrected chi connectivity index (χ2v) is 7.35. The lowest BCUT2D eigenvalue weighted by Gasteiger charge is -2.26. The van der Waals surface area contributed by atoms with Gasteiger partial charge in [0, 0.05) is 27.4 Å². The van der Waals surface area contributed by atoms with Crippen molar-refractivity contribution in [3.63, 3.8) is 0 Å². The van der Waals surface area contributed by atoms with Gasteiger partial charge >= 0.3 is 6.09 Å². The second-order valence-electron chi connectivity index (χ2n) is 6.10. The van der Waals surface area contributed by atoms with E-state index in [1.807, 2.05) is 22.6 Å². The van der Waals surface area contributed by atoms with Gasteiger partial charge in [-0.25, -0.2) is 10.3 Å². The number of hydroxylamine groups is 1. The van der Waals surface area contributed by atoms with Gasteiger partial charge in [-0.05, 0) is 65.9 Å². The number of nitrogens with one attached hydrogen (secondary N) is 2. The van der Waals surface area contributed by atoms with Crippen LogP contribution >= 0.6 is 22.6 Å². The van der Waals surface area contributed by atoms with E-state index >= 15 is 0 Å². The van der Waals surface area contributed by atoms with Crippen LogP contribution in [0.15, 0.2) is 60.7 Å². The molecule has 0 aliphatic rings. The van der Waals surface area contributed by atoms with Crippen LogP contribution in [0.25, 0.3) is 0 Å². The van der Waals surface area contributed by atoms with Crippen molar-refractivity contribution >= 4 is 40.5 Å². The SMILES string of the molecule is CCO[C@H](/C=C/C(=O)NO)[C@H](OC(=O)NC(=O)c1ccccc1)c1cc(I)ccc1O. The number of imide groups is 1. The summed E-state index contributed by atoms with van der Waals surface area (Å²) in [5, 5.41) is 21.2. The van der Waals surface area contributed by atoms with E-state index in [1.54, 1.807) is 37.3 Å². The smallest absolute Gasteiger partial charge is 0.414 e. The van der Waals surface area contributed by atoms with Crippen molar-refractivity contribution in [3.05, 3.63) is 75.4 Å². The molecule has 3 amide bonds. The van der Waals surface area contributed by atoms with Crippen LogP contribution < -0.4 is 10.8 Å². The van der Waals surface area contributed by atoms with E-state index in [-0.39, 0.29) is 23.5 Å². The average Bonchev–Trinajstić information content (AvgIpc) is 2.77. The molecular formula is C21H21IN2O7. The molecule has 0 saturated heterocycles. The largest absolute Gasteiger partial charge is 0.508 e. The van der Waals surface area contributed by atoms with Crippen molar-refractivity contribution < 1.29 is 34.2 Å². The summed E-state index contributed by atoms with van der Waals surface area (Å²) in [6.45, 7) is 1.88. The topological polar surface area (TPSA) is 134 Å². The fourth-order valence-corrected chi connectivity index (χ4v) is 3.13. The molecule has 0 aliphatic heterocycles. The summed E-state index contributed by atoms with van der Waals surface area (Å²) in [6.07, 6.45) is -1.02. The predicted molar refractivity (Wildman–Crippen MR) is 118 cm³/mol. The number of benzene rings is 2. The highest BCUT2D eigenvalue weighted by Gasteiger charge is 2.29. The lowest BCUT2D eigenvalue weighted by Crippen LogP contribution is -2.35. The number of phenols is 1. The Kier molecular flexibility index (Phi) is 9.43. The van der Waals surface area contributed by atoms with Gasteiger partial charge in [0.05, 0.1) is 0 Å². The number of carbonyl (C=O) groups excluding carboxylic acids is 3. The van der Waals surface area contributed by atoms with Gasteiger partial charge < -0.3 is 14.6 Å². The first-order valence-electron chi connectivity index (χ1n) is 9.15. The quantitative estimate of drug-likeness (QED) is 0.175. The van der Waals surface area contributed by atoms with Crippen LogP contribution in [0.1, 0.15) is 28.9 Å². The van der Waals surface area contributed by atoms with Gasteiger partial charge in [-0.3, -0.25) is 20.1 Å². The molecule has 0 radical (unpaired) electrons. The van der Waals surface area contributed by atoms with Crippen molar-refractivity contribution in [2.24, 2.45) is 0 Å². The molecule has 0 unspecified atom stereocenters. The number of halogens is 1. The summed E-state index contributed by atoms with van der Waals surface area (Å²) in [4.78, 5) is 36.1. The van der Waals surface area contributed by atoms with Crippen LogP contribution in [0.3, 0.4) is 0 Å². The van der Waals surface area contributed by atoms with E-state index in [9.17, 15) is 19.5 Å². The molecule has 0 saturated carbocycles. The highest BCUT2D eigenvalue weighted by molar-refractivity contribution is 14.1. The van der Waals surface area contributed by atoms with Gasteiger partial charge in [0.15, 0.2) is 6.10 Å². The molecule has 2 aromatic carbocycles. The summed E-state index contributed by atoms with van der Waals surface area (Å²) >= 11 is 2.02. The molecule has 2 atom stereocenters. The molecule has 0 heterocycles. The zero-order valence-corrected chi connectivity index (χ0v) is 18.6. The summed E-state index contributed by atoms with van der Waals surface area (Å²) in [5.41, 5.74) is 1.92. The van der Waals surface area contributed by atoms with Gasteiger partial charge in [-0.1, -0.05) is 18.2 Å². The molecule has 31 heavy (non-hydrogen) atoms. The molecule has 0 aliphatic carbocycles. The van der Waals surface area contributed by atoms with E-state index in [0.717, 1.165) is 9.65 Å². The number of ether oxygens (including phenoxy) is 2. The minimum absolute atomic E-state index is 0.169. The standard InChI is InChI=1S/C21H21IN2O7/c1-2-30-17(10-11-18(26)24-29)19(15-12-14(22)8-9-16(15)25)31-21(28)23-20(27)13-6-4-3-5-7-13/h3-12,17,19,25,29H,2H2,1H3,(H,24,26)(H,23,27,28)/b11-10+/t17-,19-/m1/s1. The lowest BCUT2D eigenvalue weighted by molar-refractivity contribution is -0.124. The number of aromatic hydroxyl groups is 1. The van der Waals surface area contributed by atoms with E-state index in [1.165, 1.54) is 29.8 Å². The number of carbonyl (C=O) groups is 3. The molecule has 2 aromatic rings. The van der Waals surface area contributed by atoms with Crippen molar-refractivity contribution in [2.75, 3.05) is 6.61 Å². The summed E-state index contributed by atoms with van der Waals surface area (Å²) in [6, 6.07) is 12.7. The second kappa shape index (κ2) is 12.0. The molecule has 0 spiro atoms. The van der Waals surface area contributed by atoms with E-state index in [4.69, 9.17) is 14.7 Å². The van der Waals surface area contributed by atoms with E-state index in [0.29, 0.717) is 0 Å². The maximum absolute atomic E-state index is 12.5. The number of hydrogen-bond donors (Lipinski definition) is 4. The number of phenolic OH excluding ortho intramolecular Hbond substituents is 1. The normalized spacial score (nSPS) is 12.7. The van der Waals surface area contributed by atoms with Crippen LogP contribution in [-0.4, -0.2) is 40.9 Å². The monoisotopic (exact) mass is 540 g/mol. The Morgan fingerprint density at radius 3 is 2.52 bits per heavy atom. The molecule has 4 N–H and O–H groups in total. The van der Waals surface area contributed by atoms with Crippen molar-refractivity contribution in [2.45, 2.75) is 19.1 Å². The zero-order valence-electron chi connectivity index (χ0n) is 16.4. The minimum Gasteiger partial charge on any atom is -0.508 e. The van der Waals surface area contributed by atoms with Crippen LogP contribution in [0.4, 0.5) is 4.79 Å². The van der Waals surface area contributed by atoms with Gasteiger partial charge in [-0.15, -0.1) is 0 Å². The minimum atomic E-state index is -1.21. The molecule has 164 valence electrons. The predicted octanol–water partition coefficient (Wildman–Crippen LogP) is 3.07. The Balaban J connectivity index is 2.33. The summed E-state index contributed by atoms with van der Waals surface area (Å²) < 4.78 is 11.8. The maximum atomic E-state index is 12.5. The van der Waals surface area contributed by atoms with Crippen LogP contribution in [-0.2, 0) is 14.3 Å². The highest BCUT2D eigenvalue weighted by Crippen LogP contribution is 2.33. The fourth-order valence-electron chi connectivity index (χ4n) is 2.62. The first-order valence-corrected chi connectivity index (χ1v) is 10.2. The molecule has 9 nitrogen and oxygen atoms in total. The van der Waals surface area contributed by atoms with Crippen molar-refractivity contribution in [3.8, 4) is 5.75 Å². The molecule has 0 aromatic heterocycles. The number of hydrogen-bond acceptors (Lipinski definition) is 7. The van der Waals surface area contributed by atoms with Crippen LogP contribution in [0.2, 0.25) is 0 Å². The fraction of sp³-hybridized carbons (Fsp3) is 0.190. The van der Waals surface area contributed by atoms with Crippen molar-refractivity contribution in [1.29, 1.82) is 0 Å². The Labute approximate surface area is 192 Å². The number of amides is 3. The van der Waals surface area contributed by atoms with Crippen LogP contribution in [0, 0.1) is 3.57 Å². The highest BCUT2D eigenvalue weighted by atomic mass is 127. The van der Waals surface area contributed by atoms with E-state index < -0.39 is 30.1 Å². The third-order valence-corrected chi connectivity index (χ3v) is 4.66. The third-order valence-electron chi connectivity index (χ3n) is 3.99. The van der Waals surface area contributed by atoms with Gasteiger partial charge in [-0.2, -0.15) is 0 Å². The average molecular weight is 540 g/mol. The van der Waals surface area contributed by atoms with Gasteiger partial charge in [0.2, 0.25) is 0 Å². The Morgan fingerprint density at radius 2 is 1.87 bits per heavy atom. The van der Waals surface area contributed by atoms with E-state index in [2.05, 4.69) is 5.32 Å². The maximum Gasteiger partial charge on any atom is 0.414 e. The molecule has 10 heteroatoms. The van der Waals surface area contributed by atoms with Crippen LogP contribution in [0.5, 0.6) is 5.75 Å². The summed E-state index contributed by atoms with van der Waals surface area (Å²) in [5.74, 6) is -1.66. The molecular weight excluding hydrogens is 519 g/mol. The lowest BCUT2D eigenvalue weighted by atomic mass is 10.0. The summed E-state index contributed by atoms with van der Waals surface area (Å²) in [7, 11) is 0. The van der Waals surface area contributed by atoms with Crippen molar-refractivity contribution in [1.82, 2.24) is 10.8 Å². The number of alkyl carbamates (subject to hydrolysis) is 1. The Bertz CT molecular complexity index is 950. The molecule has 0 bridgehead atoms. The van der Waals surface area contributed by atoms with Gasteiger partial charge in [0.25, 0.3) is 11.8 Å². The van der Waals surface area contributed by atoms with Gasteiger partial charge in [0.1, 0.15) is 11.9 Å². The molecule has 2 rings (SSSR count).